The predicted octanol–water partition coefficient (Wildman–Crippen LogP) is 3.16. The van der Waals surface area contributed by atoms with Gasteiger partial charge in [-0.05, 0) is 52.9 Å². The van der Waals surface area contributed by atoms with Gasteiger partial charge in [0.25, 0.3) is 0 Å². The molecular formula is C17H29N3. The van der Waals surface area contributed by atoms with Gasteiger partial charge in [0.15, 0.2) is 0 Å². The molecule has 20 heavy (non-hydrogen) atoms. The summed E-state index contributed by atoms with van der Waals surface area (Å²) in [6.45, 7) is 5.54. The molecule has 0 saturated heterocycles. The van der Waals surface area contributed by atoms with Gasteiger partial charge in [0.05, 0.1) is 5.69 Å². The number of likely N-dealkylation sites (N-methyl/N-ethyl adjacent to an activating group) is 2. The first-order chi connectivity index (χ1) is 9.59. The molecule has 0 spiro atoms. The van der Waals surface area contributed by atoms with Crippen molar-refractivity contribution >= 4 is 0 Å². The zero-order valence-electron chi connectivity index (χ0n) is 13.4. The Morgan fingerprint density at radius 2 is 1.85 bits per heavy atom. The standard InChI is InChI=1S/C17H29N3/c1-14(2)20(4)17-11-6-5-10-16(17)19(3)13-15-9-7-8-12-18-15/h7-9,12,14,16-17H,5-6,10-11,13H2,1-4H3. The van der Waals surface area contributed by atoms with Crippen molar-refractivity contribution in [3.63, 3.8) is 0 Å². The molecule has 1 heterocycles. The van der Waals surface area contributed by atoms with E-state index in [4.69, 9.17) is 0 Å². The summed E-state index contributed by atoms with van der Waals surface area (Å²) in [5.74, 6) is 0. The van der Waals surface area contributed by atoms with Crippen LogP contribution in [-0.2, 0) is 6.54 Å². The van der Waals surface area contributed by atoms with Gasteiger partial charge in [0, 0.05) is 30.9 Å². The Kier molecular flexibility index (Phi) is 5.55. The topological polar surface area (TPSA) is 19.4 Å². The molecule has 1 fully saturated rings. The Morgan fingerprint density at radius 3 is 2.45 bits per heavy atom. The van der Waals surface area contributed by atoms with E-state index in [1.54, 1.807) is 0 Å². The van der Waals surface area contributed by atoms with E-state index in [0.717, 1.165) is 6.54 Å². The predicted molar refractivity (Wildman–Crippen MR) is 84.6 cm³/mol. The summed E-state index contributed by atoms with van der Waals surface area (Å²) in [7, 11) is 4.54. The molecular weight excluding hydrogens is 246 g/mol. The van der Waals surface area contributed by atoms with E-state index >= 15 is 0 Å². The van der Waals surface area contributed by atoms with Gasteiger partial charge in [-0.1, -0.05) is 18.9 Å². The van der Waals surface area contributed by atoms with E-state index in [0.29, 0.717) is 18.1 Å². The highest BCUT2D eigenvalue weighted by Gasteiger charge is 2.32. The largest absolute Gasteiger partial charge is 0.299 e. The van der Waals surface area contributed by atoms with Crippen LogP contribution in [0.3, 0.4) is 0 Å². The van der Waals surface area contributed by atoms with Crippen LogP contribution in [0.15, 0.2) is 24.4 Å². The van der Waals surface area contributed by atoms with Gasteiger partial charge in [-0.15, -0.1) is 0 Å². The fourth-order valence-corrected chi connectivity index (χ4v) is 3.33. The van der Waals surface area contributed by atoms with Crippen molar-refractivity contribution in [2.75, 3.05) is 14.1 Å². The third-order valence-electron chi connectivity index (χ3n) is 4.74. The average molecular weight is 275 g/mol. The van der Waals surface area contributed by atoms with Crippen molar-refractivity contribution in [3.8, 4) is 0 Å². The molecule has 0 aliphatic heterocycles. The molecule has 1 aromatic rings. The van der Waals surface area contributed by atoms with Gasteiger partial charge in [0.1, 0.15) is 0 Å². The van der Waals surface area contributed by atoms with Gasteiger partial charge in [-0.25, -0.2) is 0 Å². The van der Waals surface area contributed by atoms with Crippen molar-refractivity contribution in [3.05, 3.63) is 30.1 Å². The van der Waals surface area contributed by atoms with Gasteiger partial charge < -0.3 is 0 Å². The van der Waals surface area contributed by atoms with E-state index in [1.165, 1.54) is 31.4 Å². The number of hydrogen-bond acceptors (Lipinski definition) is 3. The molecule has 2 atom stereocenters. The second-order valence-corrected chi connectivity index (χ2v) is 6.41. The molecule has 0 bridgehead atoms. The van der Waals surface area contributed by atoms with Crippen LogP contribution in [0.1, 0.15) is 45.2 Å². The first-order valence-electron chi connectivity index (χ1n) is 7.91. The maximum atomic E-state index is 4.46. The molecule has 112 valence electrons. The molecule has 0 aromatic carbocycles. The quantitative estimate of drug-likeness (QED) is 0.823. The SMILES string of the molecule is CC(C)N(C)C1CCCCC1N(C)Cc1ccccn1. The van der Waals surface area contributed by atoms with Gasteiger partial charge in [-0.2, -0.15) is 0 Å². The van der Waals surface area contributed by atoms with Crippen molar-refractivity contribution < 1.29 is 0 Å². The normalized spacial score (nSPS) is 23.8. The average Bonchev–Trinajstić information content (AvgIpc) is 2.47. The molecule has 1 aromatic heterocycles. The summed E-state index contributed by atoms with van der Waals surface area (Å²) in [5, 5.41) is 0. The molecule has 1 aliphatic carbocycles. The highest BCUT2D eigenvalue weighted by atomic mass is 15.2. The minimum Gasteiger partial charge on any atom is -0.299 e. The minimum absolute atomic E-state index is 0.615. The maximum Gasteiger partial charge on any atom is 0.0543 e. The summed E-state index contributed by atoms with van der Waals surface area (Å²) < 4.78 is 0. The minimum atomic E-state index is 0.615. The molecule has 2 unspecified atom stereocenters. The molecule has 0 N–H and O–H groups in total. The zero-order chi connectivity index (χ0) is 14.5. The Balaban J connectivity index is 2.03. The lowest BCUT2D eigenvalue weighted by Gasteiger charge is -2.44. The fourth-order valence-electron chi connectivity index (χ4n) is 3.33. The van der Waals surface area contributed by atoms with Crippen LogP contribution >= 0.6 is 0 Å². The number of nitrogens with zero attached hydrogens (tertiary/aromatic N) is 3. The van der Waals surface area contributed by atoms with E-state index in [2.05, 4.69) is 54.9 Å². The second kappa shape index (κ2) is 7.19. The molecule has 1 saturated carbocycles. The van der Waals surface area contributed by atoms with Crippen LogP contribution in [0.2, 0.25) is 0 Å². The third kappa shape index (κ3) is 3.80. The van der Waals surface area contributed by atoms with Crippen LogP contribution in [0, 0.1) is 0 Å². The molecule has 0 radical (unpaired) electrons. The second-order valence-electron chi connectivity index (χ2n) is 6.41. The lowest BCUT2D eigenvalue weighted by molar-refractivity contribution is 0.0563. The number of pyridine rings is 1. The summed E-state index contributed by atoms with van der Waals surface area (Å²) >= 11 is 0. The number of aromatic nitrogens is 1. The first kappa shape index (κ1) is 15.5. The zero-order valence-corrected chi connectivity index (χ0v) is 13.4. The smallest absolute Gasteiger partial charge is 0.0543 e. The number of hydrogen-bond donors (Lipinski definition) is 0. The summed E-state index contributed by atoms with van der Waals surface area (Å²) in [5.41, 5.74) is 1.17. The molecule has 1 aliphatic rings. The van der Waals surface area contributed by atoms with Gasteiger partial charge in [-0.3, -0.25) is 14.8 Å². The Labute approximate surface area is 124 Å². The molecule has 0 amide bonds. The highest BCUT2D eigenvalue weighted by molar-refractivity contribution is 5.04. The van der Waals surface area contributed by atoms with Gasteiger partial charge in [0.2, 0.25) is 0 Å². The highest BCUT2D eigenvalue weighted by Crippen LogP contribution is 2.27. The first-order valence-corrected chi connectivity index (χ1v) is 7.91. The molecule has 3 nitrogen and oxygen atoms in total. The van der Waals surface area contributed by atoms with Crippen molar-refractivity contribution in [1.29, 1.82) is 0 Å². The third-order valence-corrected chi connectivity index (χ3v) is 4.74. The number of rotatable bonds is 5. The lowest BCUT2D eigenvalue weighted by atomic mass is 9.87. The van der Waals surface area contributed by atoms with E-state index in [1.807, 2.05) is 12.3 Å². The van der Waals surface area contributed by atoms with Crippen LogP contribution in [0.5, 0.6) is 0 Å². The van der Waals surface area contributed by atoms with Gasteiger partial charge >= 0.3 is 0 Å². The van der Waals surface area contributed by atoms with E-state index in [-0.39, 0.29) is 0 Å². The molecule has 2 rings (SSSR count). The monoisotopic (exact) mass is 275 g/mol. The lowest BCUT2D eigenvalue weighted by Crippen LogP contribution is -2.52. The molecule has 3 heteroatoms. The van der Waals surface area contributed by atoms with Crippen LogP contribution in [-0.4, -0.2) is 47.0 Å². The summed E-state index contributed by atoms with van der Waals surface area (Å²) in [4.78, 5) is 9.52. The van der Waals surface area contributed by atoms with Crippen molar-refractivity contribution in [2.45, 2.75) is 64.2 Å². The summed E-state index contributed by atoms with van der Waals surface area (Å²) in [6.07, 6.45) is 7.26. The van der Waals surface area contributed by atoms with E-state index in [9.17, 15) is 0 Å². The van der Waals surface area contributed by atoms with Crippen LogP contribution < -0.4 is 0 Å². The van der Waals surface area contributed by atoms with Crippen molar-refractivity contribution in [2.24, 2.45) is 0 Å². The fraction of sp³-hybridized carbons (Fsp3) is 0.706. The Morgan fingerprint density at radius 1 is 1.15 bits per heavy atom. The van der Waals surface area contributed by atoms with Crippen LogP contribution in [0.25, 0.3) is 0 Å². The van der Waals surface area contributed by atoms with Crippen molar-refractivity contribution in [1.82, 2.24) is 14.8 Å². The Hall–Kier alpha value is -0.930. The summed E-state index contributed by atoms with van der Waals surface area (Å²) in [6, 6.07) is 8.13. The Bertz CT molecular complexity index is 390. The van der Waals surface area contributed by atoms with E-state index < -0.39 is 0 Å². The maximum absolute atomic E-state index is 4.46. The van der Waals surface area contributed by atoms with Crippen LogP contribution in [0.4, 0.5) is 0 Å².